The van der Waals surface area contributed by atoms with Crippen molar-refractivity contribution in [3.05, 3.63) is 23.7 Å². The number of sulfone groups is 1. The Balaban J connectivity index is 3.09. The third-order valence-electron chi connectivity index (χ3n) is 3.19. The summed E-state index contributed by atoms with van der Waals surface area (Å²) in [5.74, 6) is 1.28. The standard InChI is InChI=1S/C12H21NO4S/c1-12(2,18(5,14)15)11(13-3)10-7-6-9(17-10)8-16-4/h6-7,11,13H,8H2,1-5H3. The molecule has 0 aliphatic carbocycles. The summed E-state index contributed by atoms with van der Waals surface area (Å²) in [5, 5.41) is 3.01. The Bertz CT molecular complexity index is 490. The molecule has 1 N–H and O–H groups in total. The molecule has 0 saturated heterocycles. The van der Waals surface area contributed by atoms with Gasteiger partial charge in [-0.05, 0) is 33.0 Å². The molecular weight excluding hydrogens is 254 g/mol. The molecule has 0 aromatic carbocycles. The van der Waals surface area contributed by atoms with Crippen molar-refractivity contribution in [2.24, 2.45) is 0 Å². The molecule has 104 valence electrons. The summed E-state index contributed by atoms with van der Waals surface area (Å²) in [4.78, 5) is 0. The lowest BCUT2D eigenvalue weighted by molar-refractivity contribution is 0.160. The van der Waals surface area contributed by atoms with Crippen LogP contribution in [0.25, 0.3) is 0 Å². The lowest BCUT2D eigenvalue weighted by Crippen LogP contribution is -2.43. The maximum atomic E-state index is 11.9. The first-order chi connectivity index (χ1) is 8.24. The van der Waals surface area contributed by atoms with Gasteiger partial charge in [-0.15, -0.1) is 0 Å². The number of furan rings is 1. The molecule has 0 saturated carbocycles. The average molecular weight is 275 g/mol. The molecule has 1 unspecified atom stereocenters. The molecule has 0 radical (unpaired) electrons. The molecule has 6 heteroatoms. The highest BCUT2D eigenvalue weighted by molar-refractivity contribution is 7.92. The van der Waals surface area contributed by atoms with Gasteiger partial charge in [0.25, 0.3) is 0 Å². The van der Waals surface area contributed by atoms with Crippen LogP contribution < -0.4 is 5.32 Å². The van der Waals surface area contributed by atoms with Crippen molar-refractivity contribution in [2.45, 2.75) is 31.2 Å². The third kappa shape index (κ3) is 2.93. The number of hydrogen-bond acceptors (Lipinski definition) is 5. The Morgan fingerprint density at radius 1 is 1.44 bits per heavy atom. The van der Waals surface area contributed by atoms with Crippen LogP contribution in [0.3, 0.4) is 0 Å². The van der Waals surface area contributed by atoms with E-state index in [1.54, 1.807) is 40.1 Å². The van der Waals surface area contributed by atoms with Gasteiger partial charge in [-0.1, -0.05) is 0 Å². The monoisotopic (exact) mass is 275 g/mol. The lowest BCUT2D eigenvalue weighted by atomic mass is 10.0. The Morgan fingerprint density at radius 3 is 2.50 bits per heavy atom. The highest BCUT2D eigenvalue weighted by Crippen LogP contribution is 2.32. The van der Waals surface area contributed by atoms with Crippen LogP contribution in [-0.4, -0.2) is 33.6 Å². The quantitative estimate of drug-likeness (QED) is 0.852. The molecule has 5 nitrogen and oxygen atoms in total. The minimum absolute atomic E-state index is 0.371. The number of ether oxygens (including phenoxy) is 1. The smallest absolute Gasteiger partial charge is 0.154 e. The number of hydrogen-bond donors (Lipinski definition) is 1. The molecule has 1 rings (SSSR count). The lowest BCUT2D eigenvalue weighted by Gasteiger charge is -2.30. The maximum absolute atomic E-state index is 11.9. The number of methoxy groups -OCH3 is 1. The van der Waals surface area contributed by atoms with Gasteiger partial charge >= 0.3 is 0 Å². The fourth-order valence-corrected chi connectivity index (χ4v) is 2.48. The SMILES string of the molecule is CNC(c1ccc(COC)o1)C(C)(C)S(C)(=O)=O. The van der Waals surface area contributed by atoms with Crippen LogP contribution in [0.1, 0.15) is 31.4 Å². The first-order valence-electron chi connectivity index (χ1n) is 5.68. The van der Waals surface area contributed by atoms with E-state index in [4.69, 9.17) is 9.15 Å². The molecule has 0 spiro atoms. The molecular formula is C12H21NO4S. The second-order valence-corrected chi connectivity index (χ2v) is 7.43. The van der Waals surface area contributed by atoms with E-state index in [-0.39, 0.29) is 0 Å². The van der Waals surface area contributed by atoms with Crippen LogP contribution in [0.5, 0.6) is 0 Å². The zero-order valence-corrected chi connectivity index (χ0v) is 12.3. The fraction of sp³-hybridized carbons (Fsp3) is 0.667. The minimum atomic E-state index is -3.22. The van der Waals surface area contributed by atoms with Crippen LogP contribution in [0.15, 0.2) is 16.5 Å². The van der Waals surface area contributed by atoms with Gasteiger partial charge in [-0.25, -0.2) is 8.42 Å². The Hall–Kier alpha value is -0.850. The third-order valence-corrected chi connectivity index (χ3v) is 5.34. The van der Waals surface area contributed by atoms with E-state index in [1.807, 2.05) is 0 Å². The molecule has 1 aromatic rings. The molecule has 1 atom stereocenters. The van der Waals surface area contributed by atoms with E-state index in [0.717, 1.165) is 0 Å². The van der Waals surface area contributed by atoms with Crippen LogP contribution in [0, 0.1) is 0 Å². The van der Waals surface area contributed by atoms with Crippen LogP contribution in [-0.2, 0) is 21.2 Å². The molecule has 0 bridgehead atoms. The van der Waals surface area contributed by atoms with Gasteiger partial charge in [-0.3, -0.25) is 0 Å². The van der Waals surface area contributed by atoms with Gasteiger partial charge in [0.2, 0.25) is 0 Å². The predicted molar refractivity (Wildman–Crippen MR) is 70.1 cm³/mol. The van der Waals surface area contributed by atoms with E-state index in [0.29, 0.717) is 18.1 Å². The highest BCUT2D eigenvalue weighted by atomic mass is 32.2. The summed E-state index contributed by atoms with van der Waals surface area (Å²) in [6, 6.07) is 3.17. The largest absolute Gasteiger partial charge is 0.462 e. The van der Waals surface area contributed by atoms with Crippen molar-refractivity contribution < 1.29 is 17.6 Å². The summed E-state index contributed by atoms with van der Waals surface area (Å²) in [5.41, 5.74) is 0. The van der Waals surface area contributed by atoms with Gasteiger partial charge in [0, 0.05) is 13.4 Å². The van der Waals surface area contributed by atoms with E-state index in [9.17, 15) is 8.42 Å². The molecule has 18 heavy (non-hydrogen) atoms. The van der Waals surface area contributed by atoms with Crippen LogP contribution in [0.2, 0.25) is 0 Å². The van der Waals surface area contributed by atoms with E-state index in [2.05, 4.69) is 5.32 Å². The number of nitrogens with one attached hydrogen (secondary N) is 1. The first kappa shape index (κ1) is 15.2. The zero-order chi connectivity index (χ0) is 14.0. The molecule has 0 fully saturated rings. The Labute approximate surface area is 108 Å². The molecule has 0 amide bonds. The summed E-state index contributed by atoms with van der Waals surface area (Å²) in [6.45, 7) is 3.74. The van der Waals surface area contributed by atoms with E-state index >= 15 is 0 Å². The molecule has 0 aliphatic rings. The first-order valence-corrected chi connectivity index (χ1v) is 7.57. The second-order valence-electron chi connectivity index (χ2n) is 4.83. The van der Waals surface area contributed by atoms with Crippen molar-refractivity contribution in [1.82, 2.24) is 5.32 Å². The fourth-order valence-electron chi connectivity index (χ4n) is 1.82. The summed E-state index contributed by atoms with van der Waals surface area (Å²) < 4.78 is 33.3. The van der Waals surface area contributed by atoms with Gasteiger partial charge in [0.05, 0.1) is 10.8 Å². The second kappa shape index (κ2) is 5.42. The zero-order valence-electron chi connectivity index (χ0n) is 11.5. The van der Waals surface area contributed by atoms with Gasteiger partial charge in [0.15, 0.2) is 9.84 Å². The maximum Gasteiger partial charge on any atom is 0.154 e. The average Bonchev–Trinajstić information content (AvgIpc) is 2.66. The van der Waals surface area contributed by atoms with Gasteiger partial charge in [0.1, 0.15) is 18.1 Å². The normalized spacial score (nSPS) is 14.7. The molecule has 0 aliphatic heterocycles. The van der Waals surface area contributed by atoms with E-state index in [1.165, 1.54) is 6.26 Å². The van der Waals surface area contributed by atoms with Crippen molar-refractivity contribution in [3.8, 4) is 0 Å². The van der Waals surface area contributed by atoms with Crippen LogP contribution in [0.4, 0.5) is 0 Å². The summed E-state index contributed by atoms with van der Waals surface area (Å²) in [7, 11) is 0.0813. The van der Waals surface area contributed by atoms with Crippen molar-refractivity contribution >= 4 is 9.84 Å². The number of rotatable bonds is 6. The highest BCUT2D eigenvalue weighted by Gasteiger charge is 2.40. The van der Waals surface area contributed by atoms with Crippen molar-refractivity contribution in [2.75, 3.05) is 20.4 Å². The van der Waals surface area contributed by atoms with Crippen molar-refractivity contribution in [3.63, 3.8) is 0 Å². The molecule has 1 heterocycles. The van der Waals surface area contributed by atoms with Gasteiger partial charge in [-0.2, -0.15) is 0 Å². The Kier molecular flexibility index (Phi) is 4.58. The predicted octanol–water partition coefficient (Wildman–Crippen LogP) is 1.51. The minimum Gasteiger partial charge on any atom is -0.462 e. The topological polar surface area (TPSA) is 68.5 Å². The van der Waals surface area contributed by atoms with E-state index < -0.39 is 20.6 Å². The summed E-state index contributed by atoms with van der Waals surface area (Å²) >= 11 is 0. The molecule has 1 aromatic heterocycles. The van der Waals surface area contributed by atoms with Gasteiger partial charge < -0.3 is 14.5 Å². The van der Waals surface area contributed by atoms with Crippen LogP contribution >= 0.6 is 0 Å². The van der Waals surface area contributed by atoms with Crippen molar-refractivity contribution in [1.29, 1.82) is 0 Å². The Morgan fingerprint density at radius 2 is 2.06 bits per heavy atom. The summed E-state index contributed by atoms with van der Waals surface area (Å²) in [6.07, 6.45) is 1.23.